The topological polar surface area (TPSA) is 68.1 Å². The minimum atomic E-state index is -0.367. The molecule has 2 rings (SSSR count). The van der Waals surface area contributed by atoms with Gasteiger partial charge < -0.3 is 15.5 Å². The number of esters is 1. The van der Waals surface area contributed by atoms with Gasteiger partial charge in [0.05, 0.1) is 12.6 Å². The van der Waals surface area contributed by atoms with Crippen molar-refractivity contribution < 1.29 is 9.53 Å². The third-order valence-electron chi connectivity index (χ3n) is 2.37. The summed E-state index contributed by atoms with van der Waals surface area (Å²) in [6.45, 7) is 0.443. The molecule has 0 spiro atoms. The van der Waals surface area contributed by atoms with Crippen LogP contribution in [0.4, 0.5) is 0 Å². The molecule has 0 amide bonds. The number of hydrogen-bond donors (Lipinski definition) is 2. The molecule has 0 atom stereocenters. The predicted octanol–water partition coefficient (Wildman–Crippen LogP) is 1.41. The fraction of sp³-hybridized carbons (Fsp3) is 0.182. The second kappa shape index (κ2) is 3.74. The Morgan fingerprint density at radius 1 is 1.53 bits per heavy atom. The third-order valence-corrected chi connectivity index (χ3v) is 2.37. The fourth-order valence-electron chi connectivity index (χ4n) is 1.61. The molecule has 0 radical (unpaired) electrons. The van der Waals surface area contributed by atoms with Gasteiger partial charge in [-0.25, -0.2) is 4.79 Å². The number of nitrogens with two attached hydrogens (primary N) is 1. The van der Waals surface area contributed by atoms with E-state index in [1.165, 1.54) is 7.11 Å². The molecule has 3 N–H and O–H groups in total. The van der Waals surface area contributed by atoms with Crippen molar-refractivity contribution >= 4 is 16.9 Å². The number of para-hydroxylation sites is 1. The molecule has 0 aliphatic heterocycles. The Balaban J connectivity index is 2.60. The van der Waals surface area contributed by atoms with E-state index in [4.69, 9.17) is 5.73 Å². The maximum absolute atomic E-state index is 11.3. The Kier molecular flexibility index (Phi) is 2.43. The lowest BCUT2D eigenvalue weighted by Crippen LogP contribution is -2.01. The van der Waals surface area contributed by atoms with Gasteiger partial charge in [0, 0.05) is 11.9 Å². The van der Waals surface area contributed by atoms with Gasteiger partial charge in [-0.05, 0) is 11.6 Å². The maximum atomic E-state index is 11.3. The zero-order chi connectivity index (χ0) is 10.8. The van der Waals surface area contributed by atoms with E-state index in [1.807, 2.05) is 18.2 Å². The minimum Gasteiger partial charge on any atom is -0.464 e. The van der Waals surface area contributed by atoms with Gasteiger partial charge in [0.2, 0.25) is 0 Å². The molecule has 4 heteroatoms. The van der Waals surface area contributed by atoms with Crippen LogP contribution in [-0.4, -0.2) is 18.1 Å². The molecule has 0 aliphatic rings. The normalized spacial score (nSPS) is 10.5. The molecule has 0 saturated carbocycles. The van der Waals surface area contributed by atoms with Gasteiger partial charge in [0.25, 0.3) is 0 Å². The maximum Gasteiger partial charge on any atom is 0.354 e. The molecule has 1 heterocycles. The summed E-state index contributed by atoms with van der Waals surface area (Å²) in [5, 5.41) is 0.971. The van der Waals surface area contributed by atoms with Crippen LogP contribution in [0.1, 0.15) is 16.1 Å². The Morgan fingerprint density at radius 2 is 2.33 bits per heavy atom. The first-order valence-electron chi connectivity index (χ1n) is 4.65. The van der Waals surface area contributed by atoms with Gasteiger partial charge in [0.1, 0.15) is 5.69 Å². The first kappa shape index (κ1) is 9.73. The van der Waals surface area contributed by atoms with Crippen molar-refractivity contribution in [2.45, 2.75) is 6.54 Å². The molecule has 15 heavy (non-hydrogen) atoms. The predicted molar refractivity (Wildman–Crippen MR) is 57.5 cm³/mol. The van der Waals surface area contributed by atoms with Gasteiger partial charge in [-0.1, -0.05) is 18.2 Å². The molecule has 0 fully saturated rings. The fourth-order valence-corrected chi connectivity index (χ4v) is 1.61. The third kappa shape index (κ3) is 1.59. The van der Waals surface area contributed by atoms with Crippen LogP contribution in [-0.2, 0) is 11.3 Å². The van der Waals surface area contributed by atoms with Crippen molar-refractivity contribution in [3.8, 4) is 0 Å². The van der Waals surface area contributed by atoms with Crippen LogP contribution < -0.4 is 5.73 Å². The first-order valence-corrected chi connectivity index (χ1v) is 4.65. The molecule has 0 aliphatic carbocycles. The van der Waals surface area contributed by atoms with Crippen molar-refractivity contribution in [2.24, 2.45) is 5.73 Å². The number of carbonyl (C=O) groups excluding carboxylic acids is 1. The number of aromatic nitrogens is 1. The Bertz CT molecular complexity index is 502. The number of H-pyrrole nitrogens is 1. The van der Waals surface area contributed by atoms with Gasteiger partial charge >= 0.3 is 5.97 Å². The van der Waals surface area contributed by atoms with Crippen LogP contribution in [0, 0.1) is 0 Å². The second-order valence-corrected chi connectivity index (χ2v) is 3.26. The highest BCUT2D eigenvalue weighted by Crippen LogP contribution is 2.19. The summed E-state index contributed by atoms with van der Waals surface area (Å²) in [5.74, 6) is -0.367. The van der Waals surface area contributed by atoms with Crippen molar-refractivity contribution in [3.05, 3.63) is 35.5 Å². The number of hydrogen-bond acceptors (Lipinski definition) is 3. The average molecular weight is 204 g/mol. The van der Waals surface area contributed by atoms with Crippen LogP contribution in [0.2, 0.25) is 0 Å². The summed E-state index contributed by atoms with van der Waals surface area (Å²) in [6, 6.07) is 7.54. The van der Waals surface area contributed by atoms with E-state index >= 15 is 0 Å². The lowest BCUT2D eigenvalue weighted by Gasteiger charge is -1.97. The number of methoxy groups -OCH3 is 1. The minimum absolute atomic E-state index is 0.367. The van der Waals surface area contributed by atoms with Gasteiger partial charge in [-0.2, -0.15) is 0 Å². The number of aromatic amines is 1. The van der Waals surface area contributed by atoms with E-state index < -0.39 is 0 Å². The number of ether oxygens (including phenoxy) is 1. The molecule has 4 nitrogen and oxygen atoms in total. The Labute approximate surface area is 87.0 Å². The van der Waals surface area contributed by atoms with E-state index in [-0.39, 0.29) is 5.97 Å². The zero-order valence-electron chi connectivity index (χ0n) is 8.41. The summed E-state index contributed by atoms with van der Waals surface area (Å²) in [4.78, 5) is 14.3. The molecule has 0 unspecified atom stereocenters. The van der Waals surface area contributed by atoms with Gasteiger partial charge in [0.15, 0.2) is 0 Å². The Hall–Kier alpha value is -1.81. The molecule has 1 aromatic heterocycles. The summed E-state index contributed by atoms with van der Waals surface area (Å²) in [5.41, 5.74) is 7.94. The van der Waals surface area contributed by atoms with E-state index in [2.05, 4.69) is 9.72 Å². The monoisotopic (exact) mass is 204 g/mol. The number of rotatable bonds is 2. The molecule has 1 aromatic carbocycles. The van der Waals surface area contributed by atoms with Crippen molar-refractivity contribution in [1.82, 2.24) is 4.98 Å². The largest absolute Gasteiger partial charge is 0.464 e. The lowest BCUT2D eigenvalue weighted by atomic mass is 10.1. The quantitative estimate of drug-likeness (QED) is 0.727. The highest BCUT2D eigenvalue weighted by atomic mass is 16.5. The lowest BCUT2D eigenvalue weighted by molar-refractivity contribution is 0.0595. The van der Waals surface area contributed by atoms with Crippen molar-refractivity contribution in [2.75, 3.05) is 7.11 Å². The molecule has 2 aromatic rings. The Morgan fingerprint density at radius 3 is 3.00 bits per heavy atom. The number of carbonyl (C=O) groups is 1. The first-order chi connectivity index (χ1) is 7.26. The summed E-state index contributed by atoms with van der Waals surface area (Å²) >= 11 is 0. The summed E-state index contributed by atoms with van der Waals surface area (Å²) in [7, 11) is 1.36. The molecule has 78 valence electrons. The van der Waals surface area contributed by atoms with Crippen LogP contribution >= 0.6 is 0 Å². The smallest absolute Gasteiger partial charge is 0.354 e. The molecule has 0 bridgehead atoms. The summed E-state index contributed by atoms with van der Waals surface area (Å²) < 4.78 is 4.64. The number of nitrogens with one attached hydrogen (secondary N) is 1. The zero-order valence-corrected chi connectivity index (χ0v) is 8.41. The van der Waals surface area contributed by atoms with Gasteiger partial charge in [-0.15, -0.1) is 0 Å². The number of benzene rings is 1. The second-order valence-electron chi connectivity index (χ2n) is 3.26. The summed E-state index contributed by atoms with van der Waals surface area (Å²) in [6.07, 6.45) is 0. The standard InChI is InChI=1S/C11H12N2O2/c1-15-11(14)9-5-7-3-2-4-8(6-12)10(7)13-9/h2-5,13H,6,12H2,1H3. The molecular formula is C11H12N2O2. The van der Waals surface area contributed by atoms with Crippen LogP contribution in [0.15, 0.2) is 24.3 Å². The average Bonchev–Trinajstić information content (AvgIpc) is 2.71. The highest BCUT2D eigenvalue weighted by Gasteiger charge is 2.10. The van der Waals surface area contributed by atoms with E-state index in [0.29, 0.717) is 12.2 Å². The van der Waals surface area contributed by atoms with Crippen LogP contribution in [0.3, 0.4) is 0 Å². The van der Waals surface area contributed by atoms with E-state index in [9.17, 15) is 4.79 Å². The van der Waals surface area contributed by atoms with Crippen LogP contribution in [0.25, 0.3) is 10.9 Å². The van der Waals surface area contributed by atoms with Crippen molar-refractivity contribution in [3.63, 3.8) is 0 Å². The number of fused-ring (bicyclic) bond motifs is 1. The molecule has 0 saturated heterocycles. The van der Waals surface area contributed by atoms with Crippen LogP contribution in [0.5, 0.6) is 0 Å². The van der Waals surface area contributed by atoms with E-state index in [0.717, 1.165) is 16.5 Å². The van der Waals surface area contributed by atoms with Gasteiger partial charge in [-0.3, -0.25) is 0 Å². The SMILES string of the molecule is COC(=O)c1cc2cccc(CN)c2[nH]1. The van der Waals surface area contributed by atoms with E-state index in [1.54, 1.807) is 6.07 Å². The highest BCUT2D eigenvalue weighted by molar-refractivity contribution is 5.95. The molecular weight excluding hydrogens is 192 g/mol. The van der Waals surface area contributed by atoms with Crippen molar-refractivity contribution in [1.29, 1.82) is 0 Å².